The Bertz CT molecular complexity index is 685. The van der Waals surface area contributed by atoms with E-state index >= 15 is 0 Å². The Balaban J connectivity index is 1.36. The molecular formula is C24H37N3O3. The lowest BCUT2D eigenvalue weighted by atomic mass is 9.92. The molecule has 3 rings (SSSR count). The molecule has 0 saturated carbocycles. The molecule has 0 unspecified atom stereocenters. The van der Waals surface area contributed by atoms with Crippen LogP contribution in [0, 0.1) is 11.3 Å². The maximum atomic E-state index is 12.9. The third-order valence-electron chi connectivity index (χ3n) is 6.16. The topological polar surface area (TPSA) is 53.1 Å². The Hall–Kier alpha value is -2.08. The molecule has 2 heterocycles. The molecule has 2 aliphatic heterocycles. The summed E-state index contributed by atoms with van der Waals surface area (Å²) in [7, 11) is 0. The van der Waals surface area contributed by atoms with Crippen LogP contribution in [0.1, 0.15) is 40.0 Å². The van der Waals surface area contributed by atoms with Gasteiger partial charge in [-0.05, 0) is 43.4 Å². The van der Waals surface area contributed by atoms with Gasteiger partial charge in [0.15, 0.2) is 6.61 Å². The molecule has 0 aromatic heterocycles. The summed E-state index contributed by atoms with van der Waals surface area (Å²) < 4.78 is 5.57. The number of benzene rings is 1. The van der Waals surface area contributed by atoms with Gasteiger partial charge < -0.3 is 14.5 Å². The van der Waals surface area contributed by atoms with E-state index in [1.165, 1.54) is 6.42 Å². The van der Waals surface area contributed by atoms with E-state index in [0.717, 1.165) is 45.6 Å². The molecule has 2 amide bonds. The van der Waals surface area contributed by atoms with Crippen LogP contribution >= 0.6 is 0 Å². The first-order valence-electron chi connectivity index (χ1n) is 11.3. The van der Waals surface area contributed by atoms with Gasteiger partial charge in [0.2, 0.25) is 5.91 Å². The van der Waals surface area contributed by atoms with Crippen molar-refractivity contribution in [3.8, 4) is 5.75 Å². The molecule has 0 N–H and O–H groups in total. The van der Waals surface area contributed by atoms with Crippen molar-refractivity contribution >= 4 is 11.8 Å². The normalized spacial score (nSPS) is 19.0. The molecule has 0 aliphatic carbocycles. The van der Waals surface area contributed by atoms with Crippen molar-refractivity contribution < 1.29 is 14.3 Å². The zero-order valence-corrected chi connectivity index (χ0v) is 18.8. The first-order chi connectivity index (χ1) is 14.3. The van der Waals surface area contributed by atoms with Crippen molar-refractivity contribution in [1.29, 1.82) is 0 Å². The van der Waals surface area contributed by atoms with Crippen LogP contribution in [0.5, 0.6) is 5.75 Å². The van der Waals surface area contributed by atoms with Gasteiger partial charge in [-0.2, -0.15) is 0 Å². The number of hydrogen-bond acceptors (Lipinski definition) is 4. The molecule has 1 aromatic rings. The molecule has 0 atom stereocenters. The van der Waals surface area contributed by atoms with E-state index in [-0.39, 0.29) is 24.3 Å². The first-order valence-corrected chi connectivity index (χ1v) is 11.3. The molecule has 1 aromatic carbocycles. The molecule has 2 aliphatic rings. The van der Waals surface area contributed by atoms with Crippen molar-refractivity contribution in [1.82, 2.24) is 14.7 Å². The number of carbonyl (C=O) groups excluding carboxylic acids is 2. The van der Waals surface area contributed by atoms with Crippen molar-refractivity contribution in [2.24, 2.45) is 11.3 Å². The number of piperidine rings is 1. The highest BCUT2D eigenvalue weighted by molar-refractivity contribution is 5.80. The minimum Gasteiger partial charge on any atom is -0.484 e. The summed E-state index contributed by atoms with van der Waals surface area (Å²) in [6, 6.07) is 9.40. The monoisotopic (exact) mass is 415 g/mol. The molecule has 166 valence electrons. The molecule has 0 bridgehead atoms. The number of para-hydroxylation sites is 1. The van der Waals surface area contributed by atoms with Gasteiger partial charge in [0.1, 0.15) is 5.75 Å². The zero-order chi connectivity index (χ0) is 21.6. The smallest absolute Gasteiger partial charge is 0.260 e. The molecular weight excluding hydrogens is 378 g/mol. The molecule has 6 nitrogen and oxygen atoms in total. The van der Waals surface area contributed by atoms with E-state index < -0.39 is 0 Å². The van der Waals surface area contributed by atoms with Crippen molar-refractivity contribution in [2.45, 2.75) is 40.0 Å². The molecule has 6 heteroatoms. The highest BCUT2D eigenvalue weighted by atomic mass is 16.5. The summed E-state index contributed by atoms with van der Waals surface area (Å²) in [4.78, 5) is 31.7. The number of amides is 2. The molecule has 30 heavy (non-hydrogen) atoms. The lowest BCUT2D eigenvalue weighted by Gasteiger charge is -2.39. The van der Waals surface area contributed by atoms with Crippen LogP contribution in [0.3, 0.4) is 0 Å². The van der Waals surface area contributed by atoms with Gasteiger partial charge in [-0.15, -0.1) is 0 Å². The predicted octanol–water partition coefficient (Wildman–Crippen LogP) is 2.88. The fourth-order valence-corrected chi connectivity index (χ4v) is 4.07. The first kappa shape index (κ1) is 22.6. The Morgan fingerprint density at radius 1 is 0.933 bits per heavy atom. The summed E-state index contributed by atoms with van der Waals surface area (Å²) in [6.07, 6.45) is 2.68. The van der Waals surface area contributed by atoms with E-state index in [0.29, 0.717) is 24.3 Å². The largest absolute Gasteiger partial charge is 0.484 e. The van der Waals surface area contributed by atoms with E-state index in [1.54, 1.807) is 0 Å². The number of carbonyl (C=O) groups is 2. The highest BCUT2D eigenvalue weighted by Gasteiger charge is 2.31. The van der Waals surface area contributed by atoms with Gasteiger partial charge in [0, 0.05) is 45.2 Å². The second-order valence-electron chi connectivity index (χ2n) is 9.73. The van der Waals surface area contributed by atoms with E-state index in [2.05, 4.69) is 25.7 Å². The van der Waals surface area contributed by atoms with Crippen LogP contribution in [0.15, 0.2) is 30.3 Å². The second-order valence-corrected chi connectivity index (χ2v) is 9.73. The predicted molar refractivity (Wildman–Crippen MR) is 118 cm³/mol. The highest BCUT2D eigenvalue weighted by Crippen LogP contribution is 2.22. The van der Waals surface area contributed by atoms with Gasteiger partial charge in [-0.1, -0.05) is 39.0 Å². The van der Waals surface area contributed by atoms with Crippen LogP contribution < -0.4 is 4.74 Å². The third kappa shape index (κ3) is 6.73. The lowest BCUT2D eigenvalue weighted by molar-refractivity contribution is -0.142. The van der Waals surface area contributed by atoms with E-state index in [4.69, 9.17) is 4.74 Å². The molecule has 2 saturated heterocycles. The van der Waals surface area contributed by atoms with E-state index in [9.17, 15) is 9.59 Å². The quantitative estimate of drug-likeness (QED) is 0.717. The molecule has 0 spiro atoms. The van der Waals surface area contributed by atoms with Gasteiger partial charge in [0.05, 0.1) is 0 Å². The maximum absolute atomic E-state index is 12.9. The maximum Gasteiger partial charge on any atom is 0.260 e. The number of ether oxygens (including phenoxy) is 1. The van der Waals surface area contributed by atoms with Gasteiger partial charge >= 0.3 is 0 Å². The van der Waals surface area contributed by atoms with Gasteiger partial charge in [0.25, 0.3) is 5.91 Å². The Morgan fingerprint density at radius 3 is 2.17 bits per heavy atom. The SMILES string of the molecule is CC(C)(C)CCN1CCN(C(=O)C2CCN(C(=O)COc3ccccc3)CC2)CC1. The summed E-state index contributed by atoms with van der Waals surface area (Å²) in [5.41, 5.74) is 0.352. The number of rotatable bonds is 6. The Morgan fingerprint density at radius 2 is 1.57 bits per heavy atom. The zero-order valence-electron chi connectivity index (χ0n) is 18.8. The minimum atomic E-state index is -0.00258. The summed E-state index contributed by atoms with van der Waals surface area (Å²) in [6.45, 7) is 12.9. The van der Waals surface area contributed by atoms with Crippen LogP contribution in [0.25, 0.3) is 0 Å². The van der Waals surface area contributed by atoms with E-state index in [1.807, 2.05) is 40.1 Å². The van der Waals surface area contributed by atoms with Crippen LogP contribution in [-0.4, -0.2) is 78.9 Å². The second kappa shape index (κ2) is 10.3. The number of piperazine rings is 1. The van der Waals surface area contributed by atoms with Crippen molar-refractivity contribution in [3.63, 3.8) is 0 Å². The summed E-state index contributed by atoms with van der Waals surface area (Å²) in [5.74, 6) is 1.03. The number of nitrogens with zero attached hydrogens (tertiary/aromatic N) is 3. The Labute approximate surface area is 181 Å². The van der Waals surface area contributed by atoms with Crippen molar-refractivity contribution in [3.05, 3.63) is 30.3 Å². The number of hydrogen-bond donors (Lipinski definition) is 0. The summed E-state index contributed by atoms with van der Waals surface area (Å²) in [5, 5.41) is 0. The van der Waals surface area contributed by atoms with Gasteiger partial charge in [-0.3, -0.25) is 14.5 Å². The molecule has 2 fully saturated rings. The average molecular weight is 416 g/mol. The fraction of sp³-hybridized carbons (Fsp3) is 0.667. The average Bonchev–Trinajstić information content (AvgIpc) is 2.76. The lowest BCUT2D eigenvalue weighted by Crippen LogP contribution is -2.52. The Kier molecular flexibility index (Phi) is 7.75. The molecule has 0 radical (unpaired) electrons. The van der Waals surface area contributed by atoms with Crippen LogP contribution in [0.4, 0.5) is 0 Å². The summed E-state index contributed by atoms with van der Waals surface area (Å²) >= 11 is 0. The number of likely N-dealkylation sites (tertiary alicyclic amines) is 1. The van der Waals surface area contributed by atoms with Crippen LogP contribution in [-0.2, 0) is 9.59 Å². The standard InChI is InChI=1S/C24H37N3O3/c1-24(2,3)11-14-25-15-17-27(18-16-25)23(29)20-9-12-26(13-10-20)22(28)19-30-21-7-5-4-6-8-21/h4-8,20H,9-19H2,1-3H3. The minimum absolute atomic E-state index is 0.00258. The van der Waals surface area contributed by atoms with Crippen LogP contribution in [0.2, 0.25) is 0 Å². The van der Waals surface area contributed by atoms with Gasteiger partial charge in [-0.25, -0.2) is 0 Å². The van der Waals surface area contributed by atoms with Crippen molar-refractivity contribution in [2.75, 3.05) is 52.4 Å². The third-order valence-corrected chi connectivity index (χ3v) is 6.16. The fourth-order valence-electron chi connectivity index (χ4n) is 4.07.